The zero-order valence-electron chi connectivity index (χ0n) is 15.6. The quantitative estimate of drug-likeness (QED) is 0.502. The molecule has 1 aliphatic rings. The molecule has 1 fully saturated rings. The molecule has 5 rings (SSSR count). The van der Waals surface area contributed by atoms with Crippen LogP contribution in [0.4, 0.5) is 0 Å². The smallest absolute Gasteiger partial charge is 0.283 e. The van der Waals surface area contributed by atoms with Crippen molar-refractivity contribution in [2.45, 2.75) is 36.1 Å². The van der Waals surface area contributed by atoms with Gasteiger partial charge in [0.1, 0.15) is 16.8 Å². The number of thioether (sulfide) groups is 1. The van der Waals surface area contributed by atoms with Gasteiger partial charge in [0.2, 0.25) is 0 Å². The van der Waals surface area contributed by atoms with Crippen LogP contribution in [-0.4, -0.2) is 26.9 Å². The van der Waals surface area contributed by atoms with Gasteiger partial charge in [0.25, 0.3) is 5.56 Å². The first-order chi connectivity index (χ1) is 13.8. The third-order valence-corrected chi connectivity index (χ3v) is 6.68. The van der Waals surface area contributed by atoms with Gasteiger partial charge in [-0.15, -0.1) is 0 Å². The molecule has 5 nitrogen and oxygen atoms in total. The van der Waals surface area contributed by atoms with Crippen molar-refractivity contribution in [3.63, 3.8) is 0 Å². The molecule has 0 bridgehead atoms. The number of hydrogen-bond donors (Lipinski definition) is 1. The van der Waals surface area contributed by atoms with Gasteiger partial charge in [0.05, 0.1) is 12.8 Å². The van der Waals surface area contributed by atoms with Crippen molar-refractivity contribution >= 4 is 33.7 Å². The maximum absolute atomic E-state index is 13.6. The number of para-hydroxylation sites is 3. The van der Waals surface area contributed by atoms with E-state index in [0.29, 0.717) is 16.5 Å². The maximum atomic E-state index is 13.6. The van der Waals surface area contributed by atoms with Crippen LogP contribution in [0.2, 0.25) is 0 Å². The summed E-state index contributed by atoms with van der Waals surface area (Å²) < 4.78 is 7.25. The number of aromatic nitrogens is 3. The highest BCUT2D eigenvalue weighted by molar-refractivity contribution is 7.99. The molecule has 2 aromatic heterocycles. The van der Waals surface area contributed by atoms with Crippen LogP contribution < -0.4 is 10.3 Å². The third-order valence-electron chi connectivity index (χ3n) is 5.39. The molecule has 0 unspecified atom stereocenters. The molecule has 0 saturated heterocycles. The lowest BCUT2D eigenvalue weighted by Gasteiger charge is -2.16. The molecule has 142 valence electrons. The van der Waals surface area contributed by atoms with Gasteiger partial charge in [-0.2, -0.15) is 0 Å². The highest BCUT2D eigenvalue weighted by Gasteiger charge is 2.23. The summed E-state index contributed by atoms with van der Waals surface area (Å²) in [5.41, 5.74) is 2.83. The summed E-state index contributed by atoms with van der Waals surface area (Å²) in [6.07, 6.45) is 4.81. The van der Waals surface area contributed by atoms with Gasteiger partial charge in [-0.25, -0.2) is 9.55 Å². The van der Waals surface area contributed by atoms with Crippen LogP contribution in [0.1, 0.15) is 25.7 Å². The van der Waals surface area contributed by atoms with Crippen molar-refractivity contribution in [1.29, 1.82) is 0 Å². The van der Waals surface area contributed by atoms with Crippen LogP contribution in [0.15, 0.2) is 58.5 Å². The Balaban J connectivity index is 1.82. The molecule has 0 amide bonds. The molecule has 1 saturated carbocycles. The topological polar surface area (TPSA) is 59.9 Å². The molecule has 0 atom stereocenters. The number of hydrogen-bond acceptors (Lipinski definition) is 4. The number of ether oxygens (including phenoxy) is 1. The van der Waals surface area contributed by atoms with Crippen LogP contribution in [-0.2, 0) is 0 Å². The minimum Gasteiger partial charge on any atom is -0.495 e. The number of nitrogens with one attached hydrogen (secondary N) is 1. The first-order valence-corrected chi connectivity index (χ1v) is 10.5. The molecule has 1 aliphatic carbocycles. The fourth-order valence-electron chi connectivity index (χ4n) is 4.00. The lowest BCUT2D eigenvalue weighted by molar-refractivity contribution is 0.411. The summed E-state index contributed by atoms with van der Waals surface area (Å²) in [6, 6.07) is 15.6. The van der Waals surface area contributed by atoms with Crippen molar-refractivity contribution in [3.05, 3.63) is 58.9 Å². The monoisotopic (exact) mass is 391 g/mol. The van der Waals surface area contributed by atoms with Gasteiger partial charge < -0.3 is 9.72 Å². The molecule has 2 heterocycles. The van der Waals surface area contributed by atoms with Crippen molar-refractivity contribution in [2.75, 3.05) is 7.11 Å². The summed E-state index contributed by atoms with van der Waals surface area (Å²) in [5, 5.41) is 2.21. The predicted octanol–water partition coefficient (Wildman–Crippen LogP) is 4.91. The largest absolute Gasteiger partial charge is 0.495 e. The van der Waals surface area contributed by atoms with Crippen molar-refractivity contribution in [3.8, 4) is 11.4 Å². The van der Waals surface area contributed by atoms with Crippen molar-refractivity contribution < 1.29 is 4.74 Å². The van der Waals surface area contributed by atoms with E-state index in [0.717, 1.165) is 27.3 Å². The van der Waals surface area contributed by atoms with E-state index in [1.807, 2.05) is 48.5 Å². The fourth-order valence-corrected chi connectivity index (χ4v) is 5.30. The van der Waals surface area contributed by atoms with Gasteiger partial charge in [-0.05, 0) is 31.0 Å². The van der Waals surface area contributed by atoms with E-state index in [2.05, 4.69) is 4.98 Å². The molecule has 4 aromatic rings. The molecular weight excluding hydrogens is 370 g/mol. The highest BCUT2D eigenvalue weighted by atomic mass is 32.2. The zero-order chi connectivity index (χ0) is 19.1. The number of fused-ring (bicyclic) bond motifs is 3. The van der Waals surface area contributed by atoms with E-state index in [4.69, 9.17) is 9.72 Å². The first-order valence-electron chi connectivity index (χ1n) is 9.60. The van der Waals surface area contributed by atoms with Crippen LogP contribution in [0.25, 0.3) is 27.6 Å². The average molecular weight is 391 g/mol. The van der Waals surface area contributed by atoms with Gasteiger partial charge in [0, 0.05) is 16.2 Å². The first kappa shape index (κ1) is 17.4. The molecular formula is C22H21N3O2S. The second kappa shape index (κ2) is 7.02. The number of nitrogens with zero attached hydrogens (tertiary/aromatic N) is 2. The Labute approximate surface area is 166 Å². The Morgan fingerprint density at radius 1 is 1.11 bits per heavy atom. The van der Waals surface area contributed by atoms with E-state index in [1.165, 1.54) is 25.7 Å². The molecule has 6 heteroatoms. The normalized spacial score (nSPS) is 14.9. The molecule has 0 aliphatic heterocycles. The number of aromatic amines is 1. The van der Waals surface area contributed by atoms with Crippen LogP contribution in [0.3, 0.4) is 0 Å². The van der Waals surface area contributed by atoms with Gasteiger partial charge >= 0.3 is 0 Å². The number of benzene rings is 2. The Morgan fingerprint density at radius 3 is 2.68 bits per heavy atom. The maximum Gasteiger partial charge on any atom is 0.283 e. The van der Waals surface area contributed by atoms with E-state index >= 15 is 0 Å². The molecule has 0 spiro atoms. The van der Waals surface area contributed by atoms with Gasteiger partial charge in [0.15, 0.2) is 5.16 Å². The van der Waals surface area contributed by atoms with E-state index < -0.39 is 0 Å². The Kier molecular flexibility index (Phi) is 4.36. The second-order valence-electron chi connectivity index (χ2n) is 7.13. The summed E-state index contributed by atoms with van der Waals surface area (Å²) in [6.45, 7) is 0. The Hall–Kier alpha value is -2.73. The molecule has 1 N–H and O–H groups in total. The minimum atomic E-state index is -0.0915. The summed E-state index contributed by atoms with van der Waals surface area (Å²) >= 11 is 1.72. The van der Waals surface area contributed by atoms with Gasteiger partial charge in [-0.1, -0.05) is 54.9 Å². The highest BCUT2D eigenvalue weighted by Crippen LogP contribution is 2.36. The molecule has 2 aromatic carbocycles. The predicted molar refractivity (Wildman–Crippen MR) is 114 cm³/mol. The zero-order valence-corrected chi connectivity index (χ0v) is 16.5. The second-order valence-corrected chi connectivity index (χ2v) is 8.39. The number of methoxy groups -OCH3 is 1. The lowest BCUT2D eigenvalue weighted by Crippen LogP contribution is -2.23. The van der Waals surface area contributed by atoms with Crippen LogP contribution >= 0.6 is 11.8 Å². The number of H-pyrrole nitrogens is 1. The Morgan fingerprint density at radius 2 is 1.86 bits per heavy atom. The van der Waals surface area contributed by atoms with Crippen molar-refractivity contribution in [2.24, 2.45) is 0 Å². The summed E-state index contributed by atoms with van der Waals surface area (Å²) in [5.74, 6) is 0.662. The fraction of sp³-hybridized carbons (Fsp3) is 0.273. The van der Waals surface area contributed by atoms with Crippen LogP contribution in [0.5, 0.6) is 5.75 Å². The Bertz CT molecular complexity index is 1220. The van der Waals surface area contributed by atoms with E-state index in [1.54, 1.807) is 23.4 Å². The SMILES string of the molecule is COc1ccccc1-n1c(SC2CCCC2)nc2c([nH]c3ccccc32)c1=O. The standard InChI is InChI=1S/C22H21N3O2S/c1-27-18-13-7-6-12-17(18)25-21(26)20-19(15-10-4-5-11-16(15)23-20)24-22(25)28-14-8-2-3-9-14/h4-7,10-14,23H,2-3,8-9H2,1H3. The van der Waals surface area contributed by atoms with Gasteiger partial charge in [-0.3, -0.25) is 4.79 Å². The molecule has 28 heavy (non-hydrogen) atoms. The molecule has 0 radical (unpaired) electrons. The summed E-state index contributed by atoms with van der Waals surface area (Å²) in [7, 11) is 1.63. The third kappa shape index (κ3) is 2.79. The lowest BCUT2D eigenvalue weighted by atomic mass is 10.2. The number of rotatable bonds is 4. The average Bonchev–Trinajstić information content (AvgIpc) is 3.36. The van der Waals surface area contributed by atoms with Crippen LogP contribution in [0, 0.1) is 0 Å². The minimum absolute atomic E-state index is 0.0915. The summed E-state index contributed by atoms with van der Waals surface area (Å²) in [4.78, 5) is 21.8. The van der Waals surface area contributed by atoms with E-state index in [-0.39, 0.29) is 5.56 Å². The van der Waals surface area contributed by atoms with E-state index in [9.17, 15) is 4.79 Å². The van der Waals surface area contributed by atoms with Crippen molar-refractivity contribution in [1.82, 2.24) is 14.5 Å².